The normalized spacial score (nSPS) is 32.7. The zero-order valence-electron chi connectivity index (χ0n) is 14.9. The van der Waals surface area contributed by atoms with Crippen LogP contribution in [0, 0.1) is 23.7 Å². The van der Waals surface area contributed by atoms with Crippen LogP contribution < -0.4 is 0 Å². The summed E-state index contributed by atoms with van der Waals surface area (Å²) in [5.41, 5.74) is 1.27. The largest absolute Gasteiger partial charge is 0.462 e. The Bertz CT molecular complexity index is 670. The van der Waals surface area contributed by atoms with E-state index < -0.39 is 0 Å². The summed E-state index contributed by atoms with van der Waals surface area (Å²) in [6.07, 6.45) is 1.84. The van der Waals surface area contributed by atoms with E-state index in [-0.39, 0.29) is 41.7 Å². The minimum atomic E-state index is -0.277. The number of hydrogen-bond donors (Lipinski definition) is 0. The van der Waals surface area contributed by atoms with E-state index in [4.69, 9.17) is 9.47 Å². The lowest BCUT2D eigenvalue weighted by atomic mass is 9.80. The number of esters is 2. The lowest BCUT2D eigenvalue weighted by Crippen LogP contribution is -2.42. The van der Waals surface area contributed by atoms with Crippen LogP contribution in [-0.4, -0.2) is 49.8 Å². The van der Waals surface area contributed by atoms with Gasteiger partial charge in [0.1, 0.15) is 25.8 Å². The Balaban J connectivity index is 1.30. The highest BCUT2D eigenvalue weighted by Gasteiger charge is 2.64. The summed E-state index contributed by atoms with van der Waals surface area (Å²) in [4.78, 5) is 24.6. The van der Waals surface area contributed by atoms with Crippen LogP contribution in [0.15, 0.2) is 30.3 Å². The Hall–Kier alpha value is -1.88. The smallest absolute Gasteiger partial charge is 0.310 e. The van der Waals surface area contributed by atoms with Crippen molar-refractivity contribution in [2.45, 2.75) is 25.5 Å². The van der Waals surface area contributed by atoms with Crippen LogP contribution in [0.3, 0.4) is 0 Å². The predicted octanol–water partition coefficient (Wildman–Crippen LogP) is 2.00. The van der Waals surface area contributed by atoms with Crippen molar-refractivity contribution in [3.05, 3.63) is 35.9 Å². The van der Waals surface area contributed by atoms with Gasteiger partial charge in [0.15, 0.2) is 0 Å². The summed E-state index contributed by atoms with van der Waals surface area (Å²) in [6, 6.07) is 10.3. The second-order valence-corrected chi connectivity index (χ2v) is 8.39. The molecule has 4 rings (SSSR count). The molecule has 2 aliphatic carbocycles. The van der Waals surface area contributed by atoms with Crippen molar-refractivity contribution in [1.29, 1.82) is 0 Å². The van der Waals surface area contributed by atoms with E-state index >= 15 is 0 Å². The number of quaternary nitrogens is 1. The number of fused-ring (bicyclic) bond motifs is 1. The molecule has 5 nitrogen and oxygen atoms in total. The van der Waals surface area contributed by atoms with Crippen LogP contribution in [-0.2, 0) is 25.6 Å². The number of hydrogen-bond acceptors (Lipinski definition) is 4. The molecular weight excluding hydrogens is 318 g/mol. The third-order valence-electron chi connectivity index (χ3n) is 6.15. The molecule has 1 saturated heterocycles. The quantitative estimate of drug-likeness (QED) is 0.585. The van der Waals surface area contributed by atoms with Gasteiger partial charge in [-0.3, -0.25) is 9.59 Å². The standard InChI is InChI=1S/C20H26NO4/c1-21(2,12-13-6-4-3-5-7-13)8-9-24-19(22)17-14-10-15-16(11-14)25-20(23)18(15)17/h3-7,14-18H,8-12H2,1-2H3/q+1/t14-,15+,16-,17+,18+/m1/s1. The molecule has 1 aromatic carbocycles. The molecule has 25 heavy (non-hydrogen) atoms. The van der Waals surface area contributed by atoms with E-state index in [1.807, 2.05) is 18.2 Å². The van der Waals surface area contributed by atoms with E-state index in [0.29, 0.717) is 6.61 Å². The number of rotatable bonds is 6. The van der Waals surface area contributed by atoms with Crippen LogP contribution >= 0.6 is 0 Å². The molecule has 134 valence electrons. The van der Waals surface area contributed by atoms with E-state index in [0.717, 1.165) is 30.4 Å². The lowest BCUT2D eigenvalue weighted by molar-refractivity contribution is -0.903. The van der Waals surface area contributed by atoms with Gasteiger partial charge in [0.2, 0.25) is 0 Å². The highest BCUT2D eigenvalue weighted by Crippen LogP contribution is 2.57. The van der Waals surface area contributed by atoms with Crippen LogP contribution in [0.2, 0.25) is 0 Å². The van der Waals surface area contributed by atoms with Gasteiger partial charge in [-0.25, -0.2) is 0 Å². The fraction of sp³-hybridized carbons (Fsp3) is 0.600. The average Bonchev–Trinajstić information content (AvgIpc) is 3.17. The molecule has 0 radical (unpaired) electrons. The zero-order chi connectivity index (χ0) is 17.6. The van der Waals surface area contributed by atoms with Crippen molar-refractivity contribution in [3.8, 4) is 0 Å². The van der Waals surface area contributed by atoms with Crippen LogP contribution in [0.1, 0.15) is 18.4 Å². The first-order valence-electron chi connectivity index (χ1n) is 9.18. The fourth-order valence-corrected chi connectivity index (χ4v) is 4.97. The van der Waals surface area contributed by atoms with Gasteiger partial charge in [-0.1, -0.05) is 30.3 Å². The van der Waals surface area contributed by atoms with Gasteiger partial charge < -0.3 is 14.0 Å². The maximum atomic E-state index is 12.6. The second-order valence-electron chi connectivity index (χ2n) is 8.39. The highest BCUT2D eigenvalue weighted by molar-refractivity contribution is 5.85. The first-order chi connectivity index (χ1) is 11.9. The summed E-state index contributed by atoms with van der Waals surface area (Å²) in [5, 5.41) is 0. The fourth-order valence-electron chi connectivity index (χ4n) is 4.97. The number of carbonyl (C=O) groups is 2. The number of benzene rings is 1. The van der Waals surface area contributed by atoms with Gasteiger partial charge in [0, 0.05) is 11.5 Å². The van der Waals surface area contributed by atoms with E-state index in [1.54, 1.807) is 0 Å². The summed E-state index contributed by atoms with van der Waals surface area (Å²) in [5.74, 6) is -0.387. The minimum Gasteiger partial charge on any atom is -0.462 e. The number of nitrogens with zero attached hydrogens (tertiary/aromatic N) is 1. The molecule has 5 atom stereocenters. The summed E-state index contributed by atoms with van der Waals surface area (Å²) in [7, 11) is 4.27. The zero-order valence-corrected chi connectivity index (χ0v) is 14.9. The Morgan fingerprint density at radius 1 is 1.24 bits per heavy atom. The van der Waals surface area contributed by atoms with Crippen molar-refractivity contribution in [1.82, 2.24) is 0 Å². The third-order valence-corrected chi connectivity index (χ3v) is 6.15. The second kappa shape index (κ2) is 6.13. The maximum absolute atomic E-state index is 12.6. The van der Waals surface area contributed by atoms with E-state index in [1.165, 1.54) is 5.56 Å². The molecule has 0 aromatic heterocycles. The molecule has 1 aromatic rings. The molecule has 3 aliphatic rings. The van der Waals surface area contributed by atoms with E-state index in [9.17, 15) is 9.59 Å². The van der Waals surface area contributed by atoms with Crippen LogP contribution in [0.5, 0.6) is 0 Å². The molecule has 0 amide bonds. The Morgan fingerprint density at radius 2 is 2.00 bits per heavy atom. The number of likely N-dealkylation sites (N-methyl/N-ethyl adjacent to an activating group) is 1. The minimum absolute atomic E-state index is 0.0630. The van der Waals surface area contributed by atoms with Gasteiger partial charge in [-0.05, 0) is 18.8 Å². The Kier molecular flexibility index (Phi) is 4.07. The molecule has 1 aliphatic heterocycles. The van der Waals surface area contributed by atoms with Gasteiger partial charge in [0.25, 0.3) is 0 Å². The molecule has 0 spiro atoms. The summed E-state index contributed by atoms with van der Waals surface area (Å²) >= 11 is 0. The summed E-state index contributed by atoms with van der Waals surface area (Å²) in [6.45, 7) is 2.03. The van der Waals surface area contributed by atoms with Crippen molar-refractivity contribution >= 4 is 11.9 Å². The molecule has 2 saturated carbocycles. The molecular formula is C20H26NO4+. The Morgan fingerprint density at radius 3 is 2.76 bits per heavy atom. The first kappa shape index (κ1) is 16.6. The molecule has 3 fully saturated rings. The number of carbonyl (C=O) groups excluding carboxylic acids is 2. The third kappa shape index (κ3) is 3.06. The van der Waals surface area contributed by atoms with Crippen molar-refractivity contribution in [2.24, 2.45) is 23.7 Å². The maximum Gasteiger partial charge on any atom is 0.310 e. The van der Waals surface area contributed by atoms with Crippen molar-refractivity contribution in [2.75, 3.05) is 27.2 Å². The van der Waals surface area contributed by atoms with Crippen molar-refractivity contribution in [3.63, 3.8) is 0 Å². The first-order valence-corrected chi connectivity index (χ1v) is 9.18. The average molecular weight is 344 g/mol. The van der Waals surface area contributed by atoms with Gasteiger partial charge in [-0.2, -0.15) is 0 Å². The van der Waals surface area contributed by atoms with E-state index in [2.05, 4.69) is 26.2 Å². The SMILES string of the molecule is C[N+](C)(CCOC(=O)[C@H]1[C@@H]2C[C@@H]3[C@@H]1C(=O)O[C@@H]3C2)Cc1ccccc1. The summed E-state index contributed by atoms with van der Waals surface area (Å²) < 4.78 is 11.7. The van der Waals surface area contributed by atoms with Crippen molar-refractivity contribution < 1.29 is 23.5 Å². The predicted molar refractivity (Wildman–Crippen MR) is 91.2 cm³/mol. The number of ether oxygens (including phenoxy) is 2. The van der Waals surface area contributed by atoms with Gasteiger partial charge >= 0.3 is 11.9 Å². The topological polar surface area (TPSA) is 52.6 Å². The highest BCUT2D eigenvalue weighted by atomic mass is 16.6. The molecule has 1 heterocycles. The molecule has 0 N–H and O–H groups in total. The van der Waals surface area contributed by atoms with Crippen LogP contribution in [0.4, 0.5) is 0 Å². The molecule has 0 unspecified atom stereocenters. The van der Waals surface area contributed by atoms with Gasteiger partial charge in [-0.15, -0.1) is 0 Å². The monoisotopic (exact) mass is 344 g/mol. The Labute approximate surface area is 148 Å². The molecule has 2 bridgehead atoms. The van der Waals surface area contributed by atoms with Crippen LogP contribution in [0.25, 0.3) is 0 Å². The lowest BCUT2D eigenvalue weighted by Gasteiger charge is -2.30. The van der Waals surface area contributed by atoms with Gasteiger partial charge in [0.05, 0.1) is 25.9 Å². The molecule has 5 heteroatoms.